The largest absolute Gasteiger partial charge is 0.360 e. The van der Waals surface area contributed by atoms with Crippen LogP contribution in [0, 0.1) is 12.7 Å². The van der Waals surface area contributed by atoms with Gasteiger partial charge in [0.1, 0.15) is 11.6 Å². The molecule has 1 aromatic carbocycles. The normalized spacial score (nSPS) is 15.7. The van der Waals surface area contributed by atoms with Crippen LogP contribution in [-0.2, 0) is 4.79 Å². The summed E-state index contributed by atoms with van der Waals surface area (Å²) < 4.78 is 17.9. The Labute approximate surface area is 133 Å². The van der Waals surface area contributed by atoms with Gasteiger partial charge in [0.25, 0.3) is 5.91 Å². The summed E-state index contributed by atoms with van der Waals surface area (Å²) >= 11 is 0. The first kappa shape index (κ1) is 15.5. The smallest absolute Gasteiger partial charge is 0.280 e. The van der Waals surface area contributed by atoms with Crippen LogP contribution < -0.4 is 15.1 Å². The summed E-state index contributed by atoms with van der Waals surface area (Å²) in [7, 11) is 0. The number of piperazine rings is 1. The Bertz CT molecular complexity index is 663. The van der Waals surface area contributed by atoms with Crippen molar-refractivity contribution in [2.24, 2.45) is 0 Å². The molecule has 0 radical (unpaired) electrons. The van der Waals surface area contributed by atoms with E-state index < -0.39 is 0 Å². The zero-order chi connectivity index (χ0) is 16.2. The summed E-state index contributed by atoms with van der Waals surface area (Å²) in [6, 6.07) is 8.23. The van der Waals surface area contributed by atoms with Crippen molar-refractivity contribution in [3.63, 3.8) is 0 Å². The van der Waals surface area contributed by atoms with E-state index in [-0.39, 0.29) is 11.7 Å². The summed E-state index contributed by atoms with van der Waals surface area (Å²) in [5, 5.41) is 6.49. The van der Waals surface area contributed by atoms with E-state index in [4.69, 9.17) is 4.52 Å². The van der Waals surface area contributed by atoms with Crippen LogP contribution in [0.15, 0.2) is 34.9 Å². The Morgan fingerprint density at radius 1 is 1.35 bits per heavy atom. The molecule has 23 heavy (non-hydrogen) atoms. The number of hydrogen-bond acceptors (Lipinski definition) is 4. The van der Waals surface area contributed by atoms with Crippen LogP contribution in [0.2, 0.25) is 0 Å². The fraction of sp³-hybridized carbons (Fsp3) is 0.375. The Morgan fingerprint density at radius 2 is 2.04 bits per heavy atom. The molecule has 6 nitrogen and oxygen atoms in total. The molecule has 122 valence electrons. The maximum absolute atomic E-state index is 13.0. The number of hydrogen-bond donors (Lipinski definition) is 2. The Balaban J connectivity index is 1.47. The van der Waals surface area contributed by atoms with Gasteiger partial charge in [-0.25, -0.2) is 4.39 Å². The quantitative estimate of drug-likeness (QED) is 0.860. The van der Waals surface area contributed by atoms with Gasteiger partial charge in [0.05, 0.1) is 26.2 Å². The van der Waals surface area contributed by atoms with Crippen molar-refractivity contribution >= 4 is 17.4 Å². The zero-order valence-corrected chi connectivity index (χ0v) is 13.0. The first-order valence-corrected chi connectivity index (χ1v) is 7.67. The highest BCUT2D eigenvalue weighted by Gasteiger charge is 2.22. The number of rotatable bonds is 4. The summed E-state index contributed by atoms with van der Waals surface area (Å²) in [5.74, 6) is 0.832. The number of halogens is 1. The molecule has 1 aliphatic heterocycles. The van der Waals surface area contributed by atoms with E-state index in [1.807, 2.05) is 0 Å². The number of nitrogens with one attached hydrogen (secondary N) is 2. The van der Waals surface area contributed by atoms with Crippen molar-refractivity contribution in [1.82, 2.24) is 5.16 Å². The fourth-order valence-corrected chi connectivity index (χ4v) is 2.75. The molecule has 2 aromatic rings. The number of aryl methyl sites for hydroxylation is 1. The maximum Gasteiger partial charge on any atom is 0.280 e. The van der Waals surface area contributed by atoms with Crippen LogP contribution in [0.4, 0.5) is 15.9 Å². The predicted octanol–water partition coefficient (Wildman–Crippen LogP) is 0.466. The van der Waals surface area contributed by atoms with E-state index >= 15 is 0 Å². The monoisotopic (exact) mass is 319 g/mol. The van der Waals surface area contributed by atoms with Crippen molar-refractivity contribution in [3.05, 3.63) is 41.9 Å². The molecule has 2 N–H and O–H groups in total. The van der Waals surface area contributed by atoms with E-state index in [9.17, 15) is 9.18 Å². The standard InChI is InChI=1S/C16H19FN4O2/c1-12-10-15(19-23-12)18-16(22)11-20-6-8-21(9-7-20)14-4-2-13(17)3-5-14/h2-5,10H,6-9,11H2,1H3,(H,18,19,22)/p+1. The zero-order valence-electron chi connectivity index (χ0n) is 13.0. The Morgan fingerprint density at radius 3 is 2.65 bits per heavy atom. The Kier molecular flexibility index (Phi) is 4.57. The number of amides is 1. The van der Waals surface area contributed by atoms with E-state index in [1.165, 1.54) is 17.0 Å². The molecule has 7 heteroatoms. The lowest BCUT2D eigenvalue weighted by Crippen LogP contribution is -3.15. The molecule has 0 bridgehead atoms. The fourth-order valence-electron chi connectivity index (χ4n) is 2.75. The SMILES string of the molecule is Cc1cc(NC(=O)C[NH+]2CCN(c3ccc(F)cc3)CC2)no1. The van der Waals surface area contributed by atoms with Crippen LogP contribution in [0.1, 0.15) is 5.76 Å². The first-order chi connectivity index (χ1) is 11.1. The topological polar surface area (TPSA) is 62.8 Å². The van der Waals surface area contributed by atoms with Gasteiger partial charge < -0.3 is 19.6 Å². The molecule has 2 heterocycles. The molecule has 0 spiro atoms. The minimum atomic E-state index is -0.224. The number of aromatic nitrogens is 1. The average Bonchev–Trinajstić information content (AvgIpc) is 2.94. The number of benzene rings is 1. The van der Waals surface area contributed by atoms with E-state index in [1.54, 1.807) is 25.1 Å². The molecule has 1 saturated heterocycles. The summed E-state index contributed by atoms with van der Waals surface area (Å²) in [6.07, 6.45) is 0. The van der Waals surface area contributed by atoms with Crippen LogP contribution in [0.25, 0.3) is 0 Å². The highest BCUT2D eigenvalue weighted by molar-refractivity contribution is 5.90. The Hall–Kier alpha value is -2.41. The number of anilines is 2. The highest BCUT2D eigenvalue weighted by Crippen LogP contribution is 2.14. The second kappa shape index (κ2) is 6.78. The molecule has 0 aliphatic carbocycles. The van der Waals surface area contributed by atoms with Crippen molar-refractivity contribution in [2.75, 3.05) is 42.9 Å². The molecule has 0 unspecified atom stereocenters. The third-order valence-electron chi connectivity index (χ3n) is 3.97. The number of nitrogens with zero attached hydrogens (tertiary/aromatic N) is 2. The second-order valence-electron chi connectivity index (χ2n) is 5.76. The van der Waals surface area contributed by atoms with E-state index in [2.05, 4.69) is 15.4 Å². The third kappa shape index (κ3) is 4.07. The van der Waals surface area contributed by atoms with Gasteiger partial charge in [-0.3, -0.25) is 4.79 Å². The van der Waals surface area contributed by atoms with E-state index in [0.717, 1.165) is 31.9 Å². The van der Waals surface area contributed by atoms with Crippen molar-refractivity contribution in [3.8, 4) is 0 Å². The lowest BCUT2D eigenvalue weighted by molar-refractivity contribution is -0.892. The number of carbonyl (C=O) groups excluding carboxylic acids is 1. The number of quaternary nitrogens is 1. The molecule has 1 fully saturated rings. The number of carbonyl (C=O) groups is 1. The minimum absolute atomic E-state index is 0.0662. The van der Waals surface area contributed by atoms with Gasteiger partial charge in [-0.1, -0.05) is 5.16 Å². The summed E-state index contributed by atoms with van der Waals surface area (Å²) in [6.45, 7) is 5.60. The summed E-state index contributed by atoms with van der Waals surface area (Å²) in [4.78, 5) is 15.4. The minimum Gasteiger partial charge on any atom is -0.360 e. The second-order valence-corrected chi connectivity index (χ2v) is 5.76. The predicted molar refractivity (Wildman–Crippen MR) is 84.0 cm³/mol. The molecule has 1 aliphatic rings. The van der Waals surface area contributed by atoms with Gasteiger partial charge in [-0.15, -0.1) is 0 Å². The van der Waals surface area contributed by atoms with E-state index in [0.29, 0.717) is 18.1 Å². The van der Waals surface area contributed by atoms with Crippen molar-refractivity contribution < 1.29 is 18.6 Å². The molecule has 0 saturated carbocycles. The lowest BCUT2D eigenvalue weighted by Gasteiger charge is -2.33. The van der Waals surface area contributed by atoms with Gasteiger partial charge in [0, 0.05) is 11.8 Å². The van der Waals surface area contributed by atoms with Crippen molar-refractivity contribution in [2.45, 2.75) is 6.92 Å². The molecular formula is C16H20FN4O2+. The van der Waals surface area contributed by atoms with Gasteiger partial charge >= 0.3 is 0 Å². The molecule has 3 rings (SSSR count). The summed E-state index contributed by atoms with van der Waals surface area (Å²) in [5.41, 5.74) is 1.02. The molecule has 1 aromatic heterocycles. The average molecular weight is 319 g/mol. The van der Waals surface area contributed by atoms with Crippen LogP contribution >= 0.6 is 0 Å². The van der Waals surface area contributed by atoms with Gasteiger partial charge in [0.15, 0.2) is 12.4 Å². The third-order valence-corrected chi connectivity index (χ3v) is 3.97. The lowest BCUT2D eigenvalue weighted by atomic mass is 10.2. The van der Waals surface area contributed by atoms with Crippen LogP contribution in [0.5, 0.6) is 0 Å². The molecular weight excluding hydrogens is 299 g/mol. The highest BCUT2D eigenvalue weighted by atomic mass is 19.1. The molecule has 1 amide bonds. The van der Waals surface area contributed by atoms with Gasteiger partial charge in [-0.05, 0) is 31.2 Å². The van der Waals surface area contributed by atoms with Crippen molar-refractivity contribution in [1.29, 1.82) is 0 Å². The first-order valence-electron chi connectivity index (χ1n) is 7.67. The van der Waals surface area contributed by atoms with Gasteiger partial charge in [-0.2, -0.15) is 0 Å². The molecule has 0 atom stereocenters. The maximum atomic E-state index is 13.0. The van der Waals surface area contributed by atoms with Crippen LogP contribution in [0.3, 0.4) is 0 Å². The van der Waals surface area contributed by atoms with Gasteiger partial charge in [0.2, 0.25) is 0 Å². The van der Waals surface area contributed by atoms with Crippen LogP contribution in [-0.4, -0.2) is 43.8 Å².